The standard InChI is InChI=1S/C12H17N7O/c13-9-6-16-12(7-15-9)19-11-5-10(17-8-18-11)14-3-1-2-4-20/h5-8,20H,1-4H2,(H2,13,15)(H2,14,16,17,18,19). The monoisotopic (exact) mass is 275 g/mol. The van der Waals surface area contributed by atoms with Crippen molar-refractivity contribution in [2.75, 3.05) is 29.5 Å². The molecule has 0 saturated heterocycles. The molecule has 2 heterocycles. The maximum Gasteiger partial charge on any atom is 0.150 e. The van der Waals surface area contributed by atoms with Gasteiger partial charge in [-0.25, -0.2) is 19.9 Å². The molecular formula is C12H17N7O. The Kier molecular flexibility index (Phi) is 5.01. The van der Waals surface area contributed by atoms with Crippen molar-refractivity contribution in [3.8, 4) is 0 Å². The Morgan fingerprint density at radius 3 is 2.60 bits per heavy atom. The Labute approximate surface area is 116 Å². The fourth-order valence-corrected chi connectivity index (χ4v) is 1.51. The minimum absolute atomic E-state index is 0.202. The summed E-state index contributed by atoms with van der Waals surface area (Å²) in [4.78, 5) is 16.2. The highest BCUT2D eigenvalue weighted by molar-refractivity contribution is 5.55. The van der Waals surface area contributed by atoms with Gasteiger partial charge in [0, 0.05) is 19.2 Å². The number of nitrogens with zero attached hydrogens (tertiary/aromatic N) is 4. The van der Waals surface area contributed by atoms with Crippen molar-refractivity contribution in [1.82, 2.24) is 19.9 Å². The largest absolute Gasteiger partial charge is 0.396 e. The topological polar surface area (TPSA) is 122 Å². The van der Waals surface area contributed by atoms with Crippen molar-refractivity contribution in [1.29, 1.82) is 0 Å². The Bertz CT molecular complexity index is 532. The molecule has 20 heavy (non-hydrogen) atoms. The Hall–Kier alpha value is -2.48. The van der Waals surface area contributed by atoms with E-state index in [-0.39, 0.29) is 6.61 Å². The van der Waals surface area contributed by atoms with E-state index in [1.807, 2.05) is 0 Å². The molecule has 0 atom stereocenters. The second-order valence-corrected chi connectivity index (χ2v) is 4.10. The van der Waals surface area contributed by atoms with Gasteiger partial charge in [0.05, 0.1) is 12.4 Å². The molecule has 2 aromatic rings. The van der Waals surface area contributed by atoms with Crippen molar-refractivity contribution in [3.05, 3.63) is 24.8 Å². The summed E-state index contributed by atoms with van der Waals surface area (Å²) in [7, 11) is 0. The molecule has 0 saturated carbocycles. The summed E-state index contributed by atoms with van der Waals surface area (Å²) < 4.78 is 0. The van der Waals surface area contributed by atoms with Crippen molar-refractivity contribution < 1.29 is 5.11 Å². The average molecular weight is 275 g/mol. The number of nitrogens with two attached hydrogens (primary N) is 1. The molecule has 0 aliphatic carbocycles. The lowest BCUT2D eigenvalue weighted by atomic mass is 10.3. The molecule has 0 spiro atoms. The molecule has 0 unspecified atom stereocenters. The van der Waals surface area contributed by atoms with Crippen molar-refractivity contribution in [2.24, 2.45) is 0 Å². The zero-order chi connectivity index (χ0) is 14.2. The first-order valence-corrected chi connectivity index (χ1v) is 6.29. The number of unbranched alkanes of at least 4 members (excludes halogenated alkanes) is 1. The predicted octanol–water partition coefficient (Wildman–Crippen LogP) is 0.777. The highest BCUT2D eigenvalue weighted by Gasteiger charge is 2.00. The quantitative estimate of drug-likeness (QED) is 0.547. The number of nitrogens with one attached hydrogen (secondary N) is 2. The van der Waals surface area contributed by atoms with Crippen LogP contribution in [0.5, 0.6) is 0 Å². The first-order valence-electron chi connectivity index (χ1n) is 6.29. The minimum atomic E-state index is 0.202. The van der Waals surface area contributed by atoms with E-state index >= 15 is 0 Å². The van der Waals surface area contributed by atoms with Crippen LogP contribution >= 0.6 is 0 Å². The van der Waals surface area contributed by atoms with Gasteiger partial charge < -0.3 is 21.5 Å². The predicted molar refractivity (Wildman–Crippen MR) is 76.6 cm³/mol. The van der Waals surface area contributed by atoms with Crippen LogP contribution in [0.3, 0.4) is 0 Å². The minimum Gasteiger partial charge on any atom is -0.396 e. The number of rotatable bonds is 7. The molecule has 0 amide bonds. The summed E-state index contributed by atoms with van der Waals surface area (Å²) in [6, 6.07) is 1.77. The number of aromatic nitrogens is 4. The van der Waals surface area contributed by atoms with Crippen LogP contribution in [0, 0.1) is 0 Å². The molecule has 0 fully saturated rings. The van der Waals surface area contributed by atoms with E-state index in [0.717, 1.165) is 19.4 Å². The molecule has 0 aliphatic rings. The molecule has 0 aromatic carbocycles. The molecule has 8 heteroatoms. The summed E-state index contributed by atoms with van der Waals surface area (Å²) in [5, 5.41) is 14.9. The lowest BCUT2D eigenvalue weighted by Gasteiger charge is -2.07. The van der Waals surface area contributed by atoms with Crippen molar-refractivity contribution >= 4 is 23.3 Å². The maximum absolute atomic E-state index is 8.71. The summed E-state index contributed by atoms with van der Waals surface area (Å²) in [6.45, 7) is 0.951. The SMILES string of the molecule is Nc1cnc(Nc2cc(NCCCCO)ncn2)cn1. The molecule has 8 nitrogen and oxygen atoms in total. The van der Waals surface area contributed by atoms with Crippen LogP contribution in [0.15, 0.2) is 24.8 Å². The second-order valence-electron chi connectivity index (χ2n) is 4.10. The Morgan fingerprint density at radius 2 is 1.85 bits per heavy atom. The highest BCUT2D eigenvalue weighted by atomic mass is 16.2. The van der Waals surface area contributed by atoms with Gasteiger partial charge >= 0.3 is 0 Å². The average Bonchev–Trinajstić information content (AvgIpc) is 2.47. The Morgan fingerprint density at radius 1 is 1.00 bits per heavy atom. The van der Waals surface area contributed by atoms with Crippen LogP contribution in [-0.2, 0) is 0 Å². The van der Waals surface area contributed by atoms with E-state index in [1.165, 1.54) is 18.7 Å². The highest BCUT2D eigenvalue weighted by Crippen LogP contribution is 2.13. The molecule has 5 N–H and O–H groups in total. The maximum atomic E-state index is 8.71. The van der Waals surface area contributed by atoms with Gasteiger partial charge in [-0.2, -0.15) is 0 Å². The zero-order valence-corrected chi connectivity index (χ0v) is 11.0. The Balaban J connectivity index is 1.93. The fourth-order valence-electron chi connectivity index (χ4n) is 1.51. The number of hydrogen-bond donors (Lipinski definition) is 4. The normalized spacial score (nSPS) is 10.2. The zero-order valence-electron chi connectivity index (χ0n) is 11.0. The van der Waals surface area contributed by atoms with E-state index in [1.54, 1.807) is 6.07 Å². The molecule has 0 bridgehead atoms. The third-order valence-electron chi connectivity index (χ3n) is 2.49. The summed E-state index contributed by atoms with van der Waals surface area (Å²) in [5.74, 6) is 2.25. The van der Waals surface area contributed by atoms with Gasteiger partial charge in [-0.3, -0.25) is 0 Å². The molecular weight excluding hydrogens is 258 g/mol. The van der Waals surface area contributed by atoms with Crippen LogP contribution in [0.4, 0.5) is 23.3 Å². The molecule has 106 valence electrons. The molecule has 2 rings (SSSR count). The van der Waals surface area contributed by atoms with Crippen molar-refractivity contribution in [3.63, 3.8) is 0 Å². The third kappa shape index (κ3) is 4.32. The van der Waals surface area contributed by atoms with Gasteiger partial charge in [0.25, 0.3) is 0 Å². The van der Waals surface area contributed by atoms with Gasteiger partial charge in [-0.1, -0.05) is 0 Å². The first-order chi connectivity index (χ1) is 9.78. The van der Waals surface area contributed by atoms with Crippen LogP contribution in [-0.4, -0.2) is 38.2 Å². The van der Waals surface area contributed by atoms with E-state index in [9.17, 15) is 0 Å². The summed E-state index contributed by atoms with van der Waals surface area (Å²) in [5.41, 5.74) is 5.47. The van der Waals surface area contributed by atoms with E-state index in [2.05, 4.69) is 30.6 Å². The van der Waals surface area contributed by atoms with Crippen LogP contribution in [0.1, 0.15) is 12.8 Å². The van der Waals surface area contributed by atoms with Crippen LogP contribution < -0.4 is 16.4 Å². The number of hydrogen-bond acceptors (Lipinski definition) is 8. The molecule has 2 aromatic heterocycles. The van der Waals surface area contributed by atoms with E-state index in [4.69, 9.17) is 10.8 Å². The van der Waals surface area contributed by atoms with E-state index in [0.29, 0.717) is 23.3 Å². The number of aliphatic hydroxyl groups excluding tert-OH is 1. The lowest BCUT2D eigenvalue weighted by Crippen LogP contribution is -2.05. The van der Waals surface area contributed by atoms with Crippen LogP contribution in [0.2, 0.25) is 0 Å². The fraction of sp³-hybridized carbons (Fsp3) is 0.333. The third-order valence-corrected chi connectivity index (χ3v) is 2.49. The number of nitrogen functional groups attached to an aromatic ring is 1. The number of aliphatic hydroxyl groups is 1. The van der Waals surface area contributed by atoms with Gasteiger partial charge in [0.2, 0.25) is 0 Å². The second kappa shape index (κ2) is 7.19. The van der Waals surface area contributed by atoms with Gasteiger partial charge in [-0.15, -0.1) is 0 Å². The first kappa shape index (κ1) is 13.9. The van der Waals surface area contributed by atoms with E-state index < -0.39 is 0 Å². The smallest absolute Gasteiger partial charge is 0.150 e. The number of anilines is 4. The van der Waals surface area contributed by atoms with Gasteiger partial charge in [0.15, 0.2) is 0 Å². The molecule has 0 radical (unpaired) electrons. The van der Waals surface area contributed by atoms with Crippen LogP contribution in [0.25, 0.3) is 0 Å². The van der Waals surface area contributed by atoms with Gasteiger partial charge in [-0.05, 0) is 12.8 Å². The molecule has 0 aliphatic heterocycles. The summed E-state index contributed by atoms with van der Waals surface area (Å²) in [6.07, 6.45) is 6.11. The lowest BCUT2D eigenvalue weighted by molar-refractivity contribution is 0.286. The van der Waals surface area contributed by atoms with Crippen molar-refractivity contribution in [2.45, 2.75) is 12.8 Å². The summed E-state index contributed by atoms with van der Waals surface area (Å²) >= 11 is 0. The van der Waals surface area contributed by atoms with Gasteiger partial charge in [0.1, 0.15) is 29.6 Å².